The Morgan fingerprint density at radius 2 is 1.96 bits per heavy atom. The molecule has 23 heavy (non-hydrogen) atoms. The predicted molar refractivity (Wildman–Crippen MR) is 88.6 cm³/mol. The van der Waals surface area contributed by atoms with Gasteiger partial charge in [-0.2, -0.15) is 0 Å². The molecule has 1 fully saturated rings. The Morgan fingerprint density at radius 3 is 2.74 bits per heavy atom. The Morgan fingerprint density at radius 1 is 1.13 bits per heavy atom. The average Bonchev–Trinajstić information content (AvgIpc) is 2.61. The molecule has 4 nitrogen and oxygen atoms in total. The molecule has 118 valence electrons. The van der Waals surface area contributed by atoms with Crippen molar-refractivity contribution in [2.45, 2.75) is 12.0 Å². The second-order valence-electron chi connectivity index (χ2n) is 6.15. The number of methoxy groups -OCH3 is 1. The zero-order chi connectivity index (χ0) is 15.8. The van der Waals surface area contributed by atoms with Gasteiger partial charge in [-0.3, -0.25) is 9.69 Å². The van der Waals surface area contributed by atoms with Gasteiger partial charge >= 0.3 is 0 Å². The second kappa shape index (κ2) is 5.70. The number of hydrogen-bond acceptors (Lipinski definition) is 3. The third-order valence-corrected chi connectivity index (χ3v) is 4.89. The summed E-state index contributed by atoms with van der Waals surface area (Å²) in [4.78, 5) is 14.7. The summed E-state index contributed by atoms with van der Waals surface area (Å²) in [7, 11) is 1.66. The third kappa shape index (κ3) is 2.39. The van der Waals surface area contributed by atoms with Crippen molar-refractivity contribution in [2.75, 3.05) is 26.7 Å². The fraction of sp³-hybridized carbons (Fsp3) is 0.316. The van der Waals surface area contributed by atoms with Crippen molar-refractivity contribution in [3.05, 3.63) is 65.2 Å². The molecular formula is C19H20N2O2. The topological polar surface area (TPSA) is 41.6 Å². The Hall–Kier alpha value is -2.33. The second-order valence-corrected chi connectivity index (χ2v) is 6.15. The molecule has 2 atom stereocenters. The Balaban J connectivity index is 1.85. The van der Waals surface area contributed by atoms with Crippen LogP contribution in [-0.2, 0) is 4.79 Å². The number of piperazine rings is 1. The van der Waals surface area contributed by atoms with Crippen LogP contribution < -0.4 is 10.1 Å². The van der Waals surface area contributed by atoms with Crippen LogP contribution in [0.5, 0.6) is 5.75 Å². The first-order valence-electron chi connectivity index (χ1n) is 8.02. The van der Waals surface area contributed by atoms with Gasteiger partial charge in [-0.15, -0.1) is 0 Å². The van der Waals surface area contributed by atoms with E-state index in [1.165, 1.54) is 11.1 Å². The van der Waals surface area contributed by atoms with Crippen molar-refractivity contribution < 1.29 is 9.53 Å². The Kier molecular flexibility index (Phi) is 3.54. The third-order valence-electron chi connectivity index (χ3n) is 4.89. The van der Waals surface area contributed by atoms with E-state index in [-0.39, 0.29) is 11.9 Å². The lowest BCUT2D eigenvalue weighted by molar-refractivity contribution is -0.129. The minimum Gasteiger partial charge on any atom is -0.497 e. The summed E-state index contributed by atoms with van der Waals surface area (Å²) in [5, 5.41) is 2.99. The summed E-state index contributed by atoms with van der Waals surface area (Å²) in [5.74, 6) is 1.19. The quantitative estimate of drug-likeness (QED) is 0.926. The Labute approximate surface area is 136 Å². The van der Waals surface area contributed by atoms with Crippen LogP contribution in [0.3, 0.4) is 0 Å². The van der Waals surface area contributed by atoms with Gasteiger partial charge in [0.05, 0.1) is 7.11 Å². The number of benzene rings is 2. The van der Waals surface area contributed by atoms with Gasteiger partial charge in [0, 0.05) is 25.6 Å². The minimum absolute atomic E-state index is 0.0947. The maximum absolute atomic E-state index is 12.4. The van der Waals surface area contributed by atoms with Gasteiger partial charge in [0.1, 0.15) is 11.8 Å². The molecule has 4 rings (SSSR count). The monoisotopic (exact) mass is 308 g/mol. The summed E-state index contributed by atoms with van der Waals surface area (Å²) in [6, 6.07) is 16.5. The summed E-state index contributed by atoms with van der Waals surface area (Å²) in [6.45, 7) is 2.48. The van der Waals surface area contributed by atoms with Crippen molar-refractivity contribution in [1.82, 2.24) is 10.2 Å². The summed E-state index contributed by atoms with van der Waals surface area (Å²) in [6.07, 6.45) is 0. The minimum atomic E-state index is -0.200. The van der Waals surface area contributed by atoms with Crippen molar-refractivity contribution in [3.8, 4) is 5.75 Å². The average molecular weight is 308 g/mol. The van der Waals surface area contributed by atoms with E-state index in [4.69, 9.17) is 4.74 Å². The lowest BCUT2D eigenvalue weighted by Crippen LogP contribution is -2.53. The smallest absolute Gasteiger partial charge is 0.242 e. The summed E-state index contributed by atoms with van der Waals surface area (Å²) >= 11 is 0. The highest BCUT2D eigenvalue weighted by Crippen LogP contribution is 2.41. The van der Waals surface area contributed by atoms with Gasteiger partial charge in [-0.25, -0.2) is 0 Å². The highest BCUT2D eigenvalue weighted by Gasteiger charge is 2.39. The molecule has 1 saturated heterocycles. The van der Waals surface area contributed by atoms with Gasteiger partial charge < -0.3 is 10.1 Å². The maximum atomic E-state index is 12.4. The van der Waals surface area contributed by atoms with E-state index in [1.807, 2.05) is 18.2 Å². The molecular weight excluding hydrogens is 288 g/mol. The van der Waals surface area contributed by atoms with Crippen LogP contribution in [-0.4, -0.2) is 37.6 Å². The maximum Gasteiger partial charge on any atom is 0.242 e. The van der Waals surface area contributed by atoms with Crippen molar-refractivity contribution in [1.29, 1.82) is 0 Å². The van der Waals surface area contributed by atoms with E-state index in [9.17, 15) is 4.79 Å². The molecule has 1 N–H and O–H groups in total. The van der Waals surface area contributed by atoms with Crippen LogP contribution in [0, 0.1) is 0 Å². The van der Waals surface area contributed by atoms with Crippen LogP contribution >= 0.6 is 0 Å². The van der Waals surface area contributed by atoms with Crippen LogP contribution in [0.25, 0.3) is 0 Å². The van der Waals surface area contributed by atoms with Crippen molar-refractivity contribution in [3.63, 3.8) is 0 Å². The normalized spacial score (nSPS) is 23.6. The molecule has 2 aromatic carbocycles. The lowest BCUT2D eigenvalue weighted by atomic mass is 9.80. The summed E-state index contributed by atoms with van der Waals surface area (Å²) < 4.78 is 5.39. The molecule has 2 heterocycles. The standard InChI is InChI=1S/C19H20N2O2/c1-23-14-7-8-15-16(11-14)18-19(22)20-9-10-21(18)12-17(15)13-5-3-2-4-6-13/h2-8,11,17-18H,9-10,12H2,1H3,(H,20,22)/t17-,18+/m1/s1. The number of rotatable bonds is 2. The number of fused-ring (bicyclic) bond motifs is 3. The largest absolute Gasteiger partial charge is 0.497 e. The van der Waals surface area contributed by atoms with Gasteiger partial charge in [-0.1, -0.05) is 36.4 Å². The lowest BCUT2D eigenvalue weighted by Gasteiger charge is -2.43. The predicted octanol–water partition coefficient (Wildman–Crippen LogP) is 2.31. The fourth-order valence-electron chi connectivity index (χ4n) is 3.79. The number of carbonyl (C=O) groups excluding carboxylic acids is 1. The molecule has 0 aliphatic carbocycles. The van der Waals surface area contributed by atoms with Gasteiger partial charge in [0.25, 0.3) is 0 Å². The van der Waals surface area contributed by atoms with Crippen LogP contribution in [0.2, 0.25) is 0 Å². The SMILES string of the molecule is COc1ccc2c(c1)[C@H]1C(=O)NCCN1C[C@@H]2c1ccccc1. The van der Waals surface area contributed by atoms with Crippen LogP contribution in [0.15, 0.2) is 48.5 Å². The Bertz CT molecular complexity index is 729. The highest BCUT2D eigenvalue weighted by molar-refractivity contribution is 5.85. The van der Waals surface area contributed by atoms with Gasteiger partial charge in [0.2, 0.25) is 5.91 Å². The number of ether oxygens (including phenoxy) is 1. The molecule has 0 bridgehead atoms. The molecule has 0 unspecified atom stereocenters. The molecule has 0 saturated carbocycles. The molecule has 2 aliphatic heterocycles. The van der Waals surface area contributed by atoms with E-state index in [0.29, 0.717) is 5.92 Å². The van der Waals surface area contributed by atoms with E-state index < -0.39 is 0 Å². The number of nitrogens with zero attached hydrogens (tertiary/aromatic N) is 1. The first-order valence-corrected chi connectivity index (χ1v) is 8.02. The zero-order valence-corrected chi connectivity index (χ0v) is 13.2. The van der Waals surface area contributed by atoms with Crippen LogP contribution in [0.1, 0.15) is 28.7 Å². The number of nitrogens with one attached hydrogen (secondary N) is 1. The van der Waals surface area contributed by atoms with Crippen molar-refractivity contribution >= 4 is 5.91 Å². The molecule has 0 spiro atoms. The van der Waals surface area contributed by atoms with Crippen LogP contribution in [0.4, 0.5) is 0 Å². The summed E-state index contributed by atoms with van der Waals surface area (Å²) in [5.41, 5.74) is 3.60. The molecule has 0 aromatic heterocycles. The number of amides is 1. The van der Waals surface area contributed by atoms with Gasteiger partial charge in [0.15, 0.2) is 0 Å². The molecule has 1 amide bonds. The van der Waals surface area contributed by atoms with Gasteiger partial charge in [-0.05, 0) is 28.8 Å². The highest BCUT2D eigenvalue weighted by atomic mass is 16.5. The fourth-order valence-corrected chi connectivity index (χ4v) is 3.79. The molecule has 2 aliphatic rings. The molecule has 2 aromatic rings. The number of carbonyl (C=O) groups is 1. The van der Waals surface area contributed by atoms with E-state index >= 15 is 0 Å². The van der Waals surface area contributed by atoms with E-state index in [2.05, 4.69) is 40.5 Å². The first-order chi connectivity index (χ1) is 11.3. The van der Waals surface area contributed by atoms with E-state index in [1.54, 1.807) is 7.11 Å². The zero-order valence-electron chi connectivity index (χ0n) is 13.2. The first kappa shape index (κ1) is 14.3. The molecule has 0 radical (unpaired) electrons. The van der Waals surface area contributed by atoms with Crippen molar-refractivity contribution in [2.24, 2.45) is 0 Å². The number of hydrogen-bond donors (Lipinski definition) is 1. The van der Waals surface area contributed by atoms with E-state index in [0.717, 1.165) is 30.9 Å². The molecule has 4 heteroatoms.